The molecule has 0 unspecified atom stereocenters. The van der Waals surface area contributed by atoms with Crippen LogP contribution in [-0.2, 0) is 6.42 Å². The van der Waals surface area contributed by atoms with E-state index in [1.54, 1.807) is 13.0 Å². The second-order valence-corrected chi connectivity index (χ2v) is 3.71. The highest BCUT2D eigenvalue weighted by Crippen LogP contribution is 2.27. The molecule has 0 bridgehead atoms. The first-order valence-corrected chi connectivity index (χ1v) is 5.19. The van der Waals surface area contributed by atoms with E-state index in [4.69, 9.17) is 5.11 Å². The molecule has 0 aliphatic heterocycles. The summed E-state index contributed by atoms with van der Waals surface area (Å²) in [4.78, 5) is 0. The number of ether oxygens (including phenoxy) is 1. The molecule has 0 saturated carbocycles. The van der Waals surface area contributed by atoms with Crippen molar-refractivity contribution in [2.24, 2.45) is 0 Å². The van der Waals surface area contributed by atoms with Crippen LogP contribution in [0.4, 0.5) is 13.2 Å². The molecule has 0 aromatic heterocycles. The van der Waals surface area contributed by atoms with Crippen molar-refractivity contribution in [2.45, 2.75) is 26.6 Å². The van der Waals surface area contributed by atoms with Gasteiger partial charge in [-0.2, -0.15) is 0 Å². The first-order chi connectivity index (χ1) is 7.85. The molecule has 5 heteroatoms. The fourth-order valence-electron chi connectivity index (χ4n) is 1.40. The Bertz CT molecular complexity index is 375. The van der Waals surface area contributed by atoms with Crippen LogP contribution in [-0.4, -0.2) is 18.1 Å². The molecule has 17 heavy (non-hydrogen) atoms. The minimum absolute atomic E-state index is 0.196. The highest BCUT2D eigenvalue weighted by Gasteiger charge is 2.31. The quantitative estimate of drug-likeness (QED) is 0.886. The van der Waals surface area contributed by atoms with Crippen molar-refractivity contribution in [3.63, 3.8) is 0 Å². The van der Waals surface area contributed by atoms with E-state index in [1.165, 1.54) is 12.1 Å². The van der Waals surface area contributed by atoms with Gasteiger partial charge >= 0.3 is 6.36 Å². The zero-order valence-electron chi connectivity index (χ0n) is 9.64. The van der Waals surface area contributed by atoms with Crippen molar-refractivity contribution >= 4 is 0 Å². The van der Waals surface area contributed by atoms with Gasteiger partial charge in [0.15, 0.2) is 0 Å². The molecule has 0 fully saturated rings. The Balaban J connectivity index is 3.05. The van der Waals surface area contributed by atoms with E-state index in [0.29, 0.717) is 17.9 Å². The molecule has 0 atom stereocenters. The predicted molar refractivity (Wildman–Crippen MR) is 57.6 cm³/mol. The van der Waals surface area contributed by atoms with Crippen LogP contribution in [0.5, 0.6) is 5.75 Å². The number of hydrogen-bond acceptors (Lipinski definition) is 2. The number of rotatable bonds is 4. The molecule has 1 radical (unpaired) electrons. The summed E-state index contributed by atoms with van der Waals surface area (Å²) in [6.45, 7) is 3.30. The molecular weight excluding hydrogens is 233 g/mol. The van der Waals surface area contributed by atoms with Crippen LogP contribution < -0.4 is 4.74 Å². The topological polar surface area (TPSA) is 29.5 Å². The van der Waals surface area contributed by atoms with Gasteiger partial charge in [-0.05, 0) is 29.7 Å². The van der Waals surface area contributed by atoms with Gasteiger partial charge in [0.25, 0.3) is 0 Å². The largest absolute Gasteiger partial charge is 0.573 e. The third kappa shape index (κ3) is 4.26. The summed E-state index contributed by atoms with van der Waals surface area (Å²) in [7, 11) is 0. The lowest BCUT2D eigenvalue weighted by atomic mass is 9.98. The van der Waals surface area contributed by atoms with Crippen molar-refractivity contribution in [3.8, 4) is 5.75 Å². The van der Waals surface area contributed by atoms with Crippen molar-refractivity contribution in [2.75, 3.05) is 6.61 Å². The summed E-state index contributed by atoms with van der Waals surface area (Å²) in [6.07, 6.45) is -4.10. The minimum atomic E-state index is -4.70. The predicted octanol–water partition coefficient (Wildman–Crippen LogP) is 3.08. The van der Waals surface area contributed by atoms with Gasteiger partial charge in [-0.3, -0.25) is 0 Å². The number of aliphatic hydroxyl groups is 1. The highest BCUT2D eigenvalue weighted by atomic mass is 19.4. The average Bonchev–Trinajstić information content (AvgIpc) is 2.25. The van der Waals surface area contributed by atoms with Gasteiger partial charge in [-0.1, -0.05) is 19.9 Å². The summed E-state index contributed by atoms with van der Waals surface area (Å²) in [5, 5.41) is 8.98. The number of hydrogen-bond donors (Lipinski definition) is 1. The van der Waals surface area contributed by atoms with Crippen LogP contribution in [0, 0.1) is 5.92 Å². The molecule has 95 valence electrons. The zero-order valence-corrected chi connectivity index (χ0v) is 9.64. The van der Waals surface area contributed by atoms with E-state index in [9.17, 15) is 13.2 Å². The summed E-state index contributed by atoms with van der Waals surface area (Å²) >= 11 is 0. The molecule has 0 aliphatic carbocycles. The number of benzene rings is 1. The molecule has 0 aliphatic rings. The molecule has 1 N–H and O–H groups in total. The van der Waals surface area contributed by atoms with Gasteiger partial charge in [-0.15, -0.1) is 13.2 Å². The van der Waals surface area contributed by atoms with Gasteiger partial charge in [0.1, 0.15) is 5.75 Å². The third-order valence-electron chi connectivity index (χ3n) is 2.34. The van der Waals surface area contributed by atoms with E-state index in [1.807, 2.05) is 6.92 Å². The van der Waals surface area contributed by atoms with E-state index in [-0.39, 0.29) is 12.4 Å². The molecule has 0 spiro atoms. The standard InChI is InChI=1S/C12H14F3O2/c1-3-9-4-10(8(2)7-16)6-11(5-9)17-12(13,14)15/h4-6,16H,3,7H2,1-2H3. The smallest absolute Gasteiger partial charge is 0.406 e. The molecule has 1 aromatic rings. The summed E-state index contributed by atoms with van der Waals surface area (Å²) in [6, 6.07) is 4.37. The van der Waals surface area contributed by atoms with Crippen LogP contribution in [0.3, 0.4) is 0 Å². The van der Waals surface area contributed by atoms with E-state index >= 15 is 0 Å². The summed E-state index contributed by atoms with van der Waals surface area (Å²) < 4.78 is 40.2. The van der Waals surface area contributed by atoms with Crippen molar-refractivity contribution in [1.82, 2.24) is 0 Å². The zero-order chi connectivity index (χ0) is 13.1. The monoisotopic (exact) mass is 247 g/mol. The normalized spacial score (nSPS) is 11.9. The maximum absolute atomic E-state index is 12.1. The van der Waals surface area contributed by atoms with Gasteiger partial charge in [0, 0.05) is 5.92 Å². The number of halogens is 3. The van der Waals surface area contributed by atoms with Crippen LogP contribution in [0.1, 0.15) is 25.0 Å². The Labute approximate surface area is 98.0 Å². The van der Waals surface area contributed by atoms with E-state index in [0.717, 1.165) is 5.56 Å². The van der Waals surface area contributed by atoms with Crippen LogP contribution >= 0.6 is 0 Å². The Hall–Kier alpha value is -1.23. The Morgan fingerprint density at radius 3 is 2.41 bits per heavy atom. The molecule has 0 amide bonds. The second kappa shape index (κ2) is 5.40. The summed E-state index contributed by atoms with van der Waals surface area (Å²) in [5.74, 6) is 0.354. The molecule has 0 saturated heterocycles. The number of alkyl halides is 3. The lowest BCUT2D eigenvalue weighted by Gasteiger charge is -2.14. The lowest BCUT2D eigenvalue weighted by molar-refractivity contribution is -0.274. The van der Waals surface area contributed by atoms with Crippen molar-refractivity contribution in [3.05, 3.63) is 35.2 Å². The van der Waals surface area contributed by atoms with E-state index < -0.39 is 6.36 Å². The van der Waals surface area contributed by atoms with E-state index in [2.05, 4.69) is 4.74 Å². The molecular formula is C12H14F3O2. The van der Waals surface area contributed by atoms with Gasteiger partial charge in [0.05, 0.1) is 6.61 Å². The van der Waals surface area contributed by atoms with Crippen LogP contribution in [0.15, 0.2) is 18.2 Å². The maximum Gasteiger partial charge on any atom is 0.573 e. The average molecular weight is 247 g/mol. The molecule has 1 rings (SSSR count). The SMILES string of the molecule is CCc1cc(OC(F)(F)F)cc([C](C)CO)c1. The first-order valence-electron chi connectivity index (χ1n) is 5.19. The first kappa shape index (κ1) is 13.8. The maximum atomic E-state index is 12.1. The Kier molecular flexibility index (Phi) is 4.40. The number of aliphatic hydroxyl groups excluding tert-OH is 1. The molecule has 2 nitrogen and oxygen atoms in total. The molecule has 0 heterocycles. The third-order valence-corrected chi connectivity index (χ3v) is 2.34. The van der Waals surface area contributed by atoms with Crippen molar-refractivity contribution in [1.29, 1.82) is 0 Å². The Morgan fingerprint density at radius 1 is 1.29 bits per heavy atom. The number of aryl methyl sites for hydroxylation is 1. The Morgan fingerprint density at radius 2 is 1.94 bits per heavy atom. The lowest BCUT2D eigenvalue weighted by Crippen LogP contribution is -2.17. The highest BCUT2D eigenvalue weighted by molar-refractivity contribution is 5.41. The fraction of sp³-hybridized carbons (Fsp3) is 0.417. The van der Waals surface area contributed by atoms with Crippen LogP contribution in [0.2, 0.25) is 0 Å². The minimum Gasteiger partial charge on any atom is -0.406 e. The van der Waals surface area contributed by atoms with Gasteiger partial charge < -0.3 is 9.84 Å². The van der Waals surface area contributed by atoms with Gasteiger partial charge in [0.2, 0.25) is 0 Å². The summed E-state index contributed by atoms with van der Waals surface area (Å²) in [5.41, 5.74) is 1.29. The molecule has 1 aromatic carbocycles. The van der Waals surface area contributed by atoms with Crippen molar-refractivity contribution < 1.29 is 23.0 Å². The fourth-order valence-corrected chi connectivity index (χ4v) is 1.40. The second-order valence-electron chi connectivity index (χ2n) is 3.71. The van der Waals surface area contributed by atoms with Crippen LogP contribution in [0.25, 0.3) is 0 Å². The van der Waals surface area contributed by atoms with Gasteiger partial charge in [-0.25, -0.2) is 0 Å².